The van der Waals surface area contributed by atoms with Crippen LogP contribution in [-0.4, -0.2) is 27.9 Å². The fraction of sp³-hybridized carbons (Fsp3) is 0.130. The minimum atomic E-state index is -4.53. The molecule has 0 unspecified atom stereocenters. The molecule has 4 aromatic rings. The summed E-state index contributed by atoms with van der Waals surface area (Å²) in [4.78, 5) is 25.6. The van der Waals surface area contributed by atoms with Crippen LogP contribution in [0.25, 0.3) is 22.0 Å². The summed E-state index contributed by atoms with van der Waals surface area (Å²) in [6.07, 6.45) is 0.338. The Morgan fingerprint density at radius 3 is 2.53 bits per heavy atom. The minimum Gasteiger partial charge on any atom is -0.373 e. The normalized spacial score (nSPS) is 11.4. The molecule has 0 aliphatic rings. The van der Waals surface area contributed by atoms with Gasteiger partial charge in [-0.1, -0.05) is 6.07 Å². The topological polar surface area (TPSA) is 79.8 Å². The fourth-order valence-electron chi connectivity index (χ4n) is 3.24. The predicted octanol–water partition coefficient (Wildman–Crippen LogP) is 5.31. The SMILES string of the molecule is CNc1cc2ncc(-c3cc(NC(=O)c4cccc(C(F)(F)F)c4)cnc3C)cc2cn1. The number of rotatable bonds is 4. The molecule has 0 fully saturated rings. The van der Waals surface area contributed by atoms with Crippen molar-refractivity contribution in [2.75, 3.05) is 17.7 Å². The van der Waals surface area contributed by atoms with Gasteiger partial charge < -0.3 is 10.6 Å². The summed E-state index contributed by atoms with van der Waals surface area (Å²) < 4.78 is 38.8. The maximum Gasteiger partial charge on any atom is 0.416 e. The van der Waals surface area contributed by atoms with Crippen molar-refractivity contribution in [2.45, 2.75) is 13.1 Å². The van der Waals surface area contributed by atoms with Gasteiger partial charge in [-0.05, 0) is 37.3 Å². The van der Waals surface area contributed by atoms with Gasteiger partial charge in [-0.15, -0.1) is 0 Å². The van der Waals surface area contributed by atoms with Crippen LogP contribution in [0.15, 0.2) is 61.1 Å². The Morgan fingerprint density at radius 2 is 1.78 bits per heavy atom. The zero-order chi connectivity index (χ0) is 22.9. The van der Waals surface area contributed by atoms with Crippen LogP contribution in [0.4, 0.5) is 24.7 Å². The number of nitrogens with zero attached hydrogens (tertiary/aromatic N) is 3. The molecule has 1 aromatic carbocycles. The maximum absolute atomic E-state index is 12.9. The van der Waals surface area contributed by atoms with Gasteiger partial charge in [0.2, 0.25) is 0 Å². The Bertz CT molecular complexity index is 1320. The zero-order valence-corrected chi connectivity index (χ0v) is 17.2. The lowest BCUT2D eigenvalue weighted by molar-refractivity contribution is -0.137. The molecule has 0 aliphatic heterocycles. The number of aromatic nitrogens is 3. The Labute approximate surface area is 181 Å². The quantitative estimate of drug-likeness (QED) is 0.452. The second-order valence-corrected chi connectivity index (χ2v) is 7.13. The van der Waals surface area contributed by atoms with Crippen molar-refractivity contribution in [1.29, 1.82) is 0 Å². The summed E-state index contributed by atoms with van der Waals surface area (Å²) in [6.45, 7) is 1.82. The number of hydrogen-bond acceptors (Lipinski definition) is 5. The highest BCUT2D eigenvalue weighted by Gasteiger charge is 2.30. The lowest BCUT2D eigenvalue weighted by Crippen LogP contribution is -2.14. The molecule has 0 spiro atoms. The van der Waals surface area contributed by atoms with Crippen molar-refractivity contribution < 1.29 is 18.0 Å². The number of hydrogen-bond donors (Lipinski definition) is 2. The number of pyridine rings is 3. The van der Waals surface area contributed by atoms with E-state index in [2.05, 4.69) is 25.6 Å². The first kappa shape index (κ1) is 21.2. The lowest BCUT2D eigenvalue weighted by atomic mass is 10.0. The number of amides is 1. The van der Waals surface area contributed by atoms with Gasteiger partial charge in [0.15, 0.2) is 0 Å². The van der Waals surface area contributed by atoms with Gasteiger partial charge in [-0.3, -0.25) is 14.8 Å². The monoisotopic (exact) mass is 437 g/mol. The standard InChI is InChI=1S/C23H18F3N5O/c1-13-19(15-6-16-11-30-21(27-2)9-20(16)29-10-15)8-18(12-28-13)31-22(32)14-4-3-5-17(7-14)23(24,25)26/h3-12H,1-2H3,(H,27,30)(H,31,32). The van der Waals surface area contributed by atoms with Gasteiger partial charge in [-0.2, -0.15) is 13.2 Å². The molecule has 0 saturated carbocycles. The highest BCUT2D eigenvalue weighted by atomic mass is 19.4. The second-order valence-electron chi connectivity index (χ2n) is 7.13. The Kier molecular flexibility index (Phi) is 5.48. The first-order chi connectivity index (χ1) is 15.2. The average Bonchev–Trinajstić information content (AvgIpc) is 2.79. The Hall–Kier alpha value is -4.01. The number of fused-ring (bicyclic) bond motifs is 1. The molecular weight excluding hydrogens is 419 g/mol. The van der Waals surface area contributed by atoms with Crippen molar-refractivity contribution in [3.63, 3.8) is 0 Å². The molecule has 162 valence electrons. The molecule has 0 atom stereocenters. The zero-order valence-electron chi connectivity index (χ0n) is 17.2. The van der Waals surface area contributed by atoms with Crippen molar-refractivity contribution in [3.8, 4) is 11.1 Å². The molecule has 0 saturated heterocycles. The Balaban J connectivity index is 1.63. The summed E-state index contributed by atoms with van der Waals surface area (Å²) in [5.74, 6) is 0.0445. The van der Waals surface area contributed by atoms with E-state index in [1.54, 1.807) is 25.5 Å². The summed E-state index contributed by atoms with van der Waals surface area (Å²) in [5, 5.41) is 6.41. The third-order valence-corrected chi connectivity index (χ3v) is 4.93. The van der Waals surface area contributed by atoms with Crippen LogP contribution in [0.3, 0.4) is 0 Å². The molecule has 6 nitrogen and oxygen atoms in total. The van der Waals surface area contributed by atoms with Crippen LogP contribution in [0, 0.1) is 6.92 Å². The summed E-state index contributed by atoms with van der Waals surface area (Å²) >= 11 is 0. The van der Waals surface area contributed by atoms with Crippen LogP contribution in [0.2, 0.25) is 0 Å². The molecule has 3 aromatic heterocycles. The Morgan fingerprint density at radius 1 is 0.969 bits per heavy atom. The molecule has 9 heteroatoms. The molecule has 3 heterocycles. The maximum atomic E-state index is 12.9. The first-order valence-electron chi connectivity index (χ1n) is 9.64. The molecule has 0 aliphatic carbocycles. The van der Waals surface area contributed by atoms with E-state index in [0.29, 0.717) is 17.2 Å². The molecule has 0 radical (unpaired) electrons. The van der Waals surface area contributed by atoms with Gasteiger partial charge >= 0.3 is 6.18 Å². The van der Waals surface area contributed by atoms with E-state index >= 15 is 0 Å². The van der Waals surface area contributed by atoms with Crippen LogP contribution in [-0.2, 0) is 6.18 Å². The number of aryl methyl sites for hydroxylation is 1. The largest absolute Gasteiger partial charge is 0.416 e. The molecular formula is C23H18F3N5O. The van der Waals surface area contributed by atoms with E-state index in [0.717, 1.165) is 34.2 Å². The number of anilines is 2. The smallest absolute Gasteiger partial charge is 0.373 e. The molecule has 2 N–H and O–H groups in total. The van der Waals surface area contributed by atoms with E-state index in [1.165, 1.54) is 18.3 Å². The predicted molar refractivity (Wildman–Crippen MR) is 116 cm³/mol. The van der Waals surface area contributed by atoms with E-state index in [4.69, 9.17) is 0 Å². The number of carbonyl (C=O) groups is 1. The second kappa shape index (κ2) is 8.26. The van der Waals surface area contributed by atoms with Gasteiger partial charge in [0.1, 0.15) is 5.82 Å². The third-order valence-electron chi connectivity index (χ3n) is 4.93. The molecule has 32 heavy (non-hydrogen) atoms. The number of benzene rings is 1. The lowest BCUT2D eigenvalue weighted by Gasteiger charge is -2.12. The number of nitrogens with one attached hydrogen (secondary N) is 2. The van der Waals surface area contributed by atoms with Gasteiger partial charge in [0.25, 0.3) is 5.91 Å². The highest BCUT2D eigenvalue weighted by molar-refractivity contribution is 6.04. The van der Waals surface area contributed by atoms with Gasteiger partial charge in [0.05, 0.1) is 23.0 Å². The van der Waals surface area contributed by atoms with Crippen molar-refractivity contribution in [3.05, 3.63) is 77.9 Å². The van der Waals surface area contributed by atoms with E-state index in [1.807, 2.05) is 19.1 Å². The highest BCUT2D eigenvalue weighted by Crippen LogP contribution is 2.30. The fourth-order valence-corrected chi connectivity index (χ4v) is 3.24. The number of halogens is 3. The van der Waals surface area contributed by atoms with Crippen molar-refractivity contribution >= 4 is 28.3 Å². The van der Waals surface area contributed by atoms with Gasteiger partial charge in [0, 0.05) is 53.3 Å². The van der Waals surface area contributed by atoms with Crippen molar-refractivity contribution in [1.82, 2.24) is 15.0 Å². The molecule has 4 rings (SSSR count). The van der Waals surface area contributed by atoms with Crippen LogP contribution >= 0.6 is 0 Å². The van der Waals surface area contributed by atoms with Crippen molar-refractivity contribution in [2.24, 2.45) is 0 Å². The summed E-state index contributed by atoms with van der Waals surface area (Å²) in [5.41, 5.74) is 2.37. The molecule has 0 bridgehead atoms. The minimum absolute atomic E-state index is 0.0965. The molecule has 1 amide bonds. The van der Waals surface area contributed by atoms with E-state index in [9.17, 15) is 18.0 Å². The summed E-state index contributed by atoms with van der Waals surface area (Å²) in [7, 11) is 1.77. The van der Waals surface area contributed by atoms with Gasteiger partial charge in [-0.25, -0.2) is 4.98 Å². The number of carbonyl (C=O) groups excluding carboxylic acids is 1. The average molecular weight is 437 g/mol. The summed E-state index contributed by atoms with van der Waals surface area (Å²) in [6, 6.07) is 9.72. The number of alkyl halides is 3. The first-order valence-corrected chi connectivity index (χ1v) is 9.64. The van der Waals surface area contributed by atoms with E-state index in [-0.39, 0.29) is 5.56 Å². The van der Waals surface area contributed by atoms with Crippen LogP contribution in [0.5, 0.6) is 0 Å². The van der Waals surface area contributed by atoms with Crippen LogP contribution < -0.4 is 10.6 Å². The van der Waals surface area contributed by atoms with Crippen LogP contribution in [0.1, 0.15) is 21.6 Å². The van der Waals surface area contributed by atoms with E-state index < -0.39 is 17.6 Å². The third kappa shape index (κ3) is 4.36.